The Hall–Kier alpha value is -3.30. The third-order valence-corrected chi connectivity index (χ3v) is 6.83. The fraction of sp³-hybridized carbons (Fsp3) is 0.440. The number of alkyl carbamates (subject to hydrolysis) is 1. The predicted octanol–water partition coefficient (Wildman–Crippen LogP) is 2.76. The molecule has 0 radical (unpaired) electrons. The molecule has 2 aromatic carbocycles. The van der Waals surface area contributed by atoms with Crippen molar-refractivity contribution in [1.82, 2.24) is 20.4 Å². The minimum absolute atomic E-state index is 0.205. The lowest BCUT2D eigenvalue weighted by atomic mass is 10.0. The molecule has 2 fully saturated rings. The Balaban J connectivity index is 1.35. The molecule has 2 saturated heterocycles. The van der Waals surface area contributed by atoms with Gasteiger partial charge < -0.3 is 24.4 Å². The van der Waals surface area contributed by atoms with Gasteiger partial charge in [-0.05, 0) is 48.4 Å². The Morgan fingerprint density at radius 2 is 1.88 bits per heavy atom. The number of aromatic amines is 1. The number of anilines is 1. The van der Waals surface area contributed by atoms with E-state index < -0.39 is 6.09 Å². The average Bonchev–Trinajstić information content (AvgIpc) is 3.25. The third kappa shape index (κ3) is 4.28. The molecule has 4 bridgehead atoms. The highest BCUT2D eigenvalue weighted by molar-refractivity contribution is 5.94. The molecule has 0 aliphatic carbocycles. The van der Waals surface area contributed by atoms with Crippen LogP contribution in [-0.4, -0.2) is 79.8 Å². The van der Waals surface area contributed by atoms with Crippen molar-refractivity contribution in [2.75, 3.05) is 57.4 Å². The van der Waals surface area contributed by atoms with Crippen LogP contribution in [0.1, 0.15) is 12.0 Å². The summed E-state index contributed by atoms with van der Waals surface area (Å²) < 4.78 is 16.8. The van der Waals surface area contributed by atoms with E-state index in [-0.39, 0.29) is 6.61 Å². The molecular formula is C25H29N5O4. The lowest BCUT2D eigenvalue weighted by Crippen LogP contribution is -2.56. The van der Waals surface area contributed by atoms with Crippen molar-refractivity contribution in [3.8, 4) is 17.0 Å². The first-order valence-corrected chi connectivity index (χ1v) is 12.0. The Morgan fingerprint density at radius 3 is 2.71 bits per heavy atom. The van der Waals surface area contributed by atoms with Gasteiger partial charge in [-0.1, -0.05) is 0 Å². The molecule has 0 saturated carbocycles. The van der Waals surface area contributed by atoms with Crippen molar-refractivity contribution in [1.29, 1.82) is 0 Å². The second-order valence-corrected chi connectivity index (χ2v) is 9.09. The zero-order chi connectivity index (χ0) is 22.9. The smallest absolute Gasteiger partial charge is 0.407 e. The first-order chi connectivity index (χ1) is 16.7. The molecule has 6 rings (SSSR count). The summed E-state index contributed by atoms with van der Waals surface area (Å²) in [6.07, 6.45) is 0.281. The number of H-pyrrole nitrogens is 1. The van der Waals surface area contributed by atoms with E-state index in [4.69, 9.17) is 14.2 Å². The monoisotopic (exact) mass is 463 g/mol. The highest BCUT2D eigenvalue weighted by atomic mass is 16.5. The van der Waals surface area contributed by atoms with Gasteiger partial charge in [0.05, 0.1) is 31.4 Å². The van der Waals surface area contributed by atoms with Crippen LogP contribution in [0, 0.1) is 0 Å². The fourth-order valence-electron chi connectivity index (χ4n) is 4.81. The quantitative estimate of drug-likeness (QED) is 0.604. The summed E-state index contributed by atoms with van der Waals surface area (Å²) in [6, 6.07) is 12.9. The minimum atomic E-state index is -0.416. The van der Waals surface area contributed by atoms with Crippen LogP contribution in [-0.2, 0) is 16.1 Å². The summed E-state index contributed by atoms with van der Waals surface area (Å²) >= 11 is 0. The summed E-state index contributed by atoms with van der Waals surface area (Å²) in [5.74, 6) is 0.792. The SMILES string of the molecule is O=C1NCCCOc2ccc3[nH]nc(c3c2)-c2cc(cc(N3CCN(C4COC4)CC3)c2)CO1. The molecule has 9 nitrogen and oxygen atoms in total. The molecule has 4 heterocycles. The van der Waals surface area contributed by atoms with Gasteiger partial charge in [-0.2, -0.15) is 5.10 Å². The molecule has 0 atom stereocenters. The Kier molecular flexibility index (Phi) is 5.72. The maximum absolute atomic E-state index is 12.2. The topological polar surface area (TPSA) is 91.9 Å². The van der Waals surface area contributed by atoms with Crippen LogP contribution in [0.3, 0.4) is 0 Å². The number of fused-ring (bicyclic) bond motifs is 4. The molecule has 34 heavy (non-hydrogen) atoms. The molecule has 2 N–H and O–H groups in total. The number of nitrogens with one attached hydrogen (secondary N) is 2. The van der Waals surface area contributed by atoms with Crippen molar-refractivity contribution in [3.05, 3.63) is 42.0 Å². The number of carbonyl (C=O) groups excluding carboxylic acids is 1. The number of carbonyl (C=O) groups is 1. The highest BCUT2D eigenvalue weighted by Gasteiger charge is 2.29. The number of hydrogen-bond acceptors (Lipinski definition) is 7. The van der Waals surface area contributed by atoms with Gasteiger partial charge >= 0.3 is 6.09 Å². The first kappa shape index (κ1) is 21.2. The number of aromatic nitrogens is 2. The Morgan fingerprint density at radius 1 is 1.00 bits per heavy atom. The third-order valence-electron chi connectivity index (χ3n) is 6.83. The van der Waals surface area contributed by atoms with Gasteiger partial charge in [-0.15, -0.1) is 0 Å². The van der Waals surface area contributed by atoms with Gasteiger partial charge in [-0.3, -0.25) is 10.00 Å². The van der Waals surface area contributed by atoms with Gasteiger partial charge in [0, 0.05) is 49.4 Å². The average molecular weight is 464 g/mol. The van der Waals surface area contributed by atoms with E-state index in [1.165, 1.54) is 0 Å². The molecule has 1 amide bonds. The second-order valence-electron chi connectivity index (χ2n) is 9.09. The molecule has 178 valence electrons. The molecule has 0 spiro atoms. The summed E-state index contributed by atoms with van der Waals surface area (Å²) in [7, 11) is 0. The molecular weight excluding hydrogens is 434 g/mol. The van der Waals surface area contributed by atoms with Crippen LogP contribution < -0.4 is 15.0 Å². The van der Waals surface area contributed by atoms with Crippen molar-refractivity contribution in [2.45, 2.75) is 19.1 Å². The van der Waals surface area contributed by atoms with E-state index in [0.717, 1.165) is 78.6 Å². The van der Waals surface area contributed by atoms with Crippen LogP contribution in [0.5, 0.6) is 5.75 Å². The Bertz CT molecular complexity index is 1180. The van der Waals surface area contributed by atoms with E-state index in [1.54, 1.807) is 0 Å². The van der Waals surface area contributed by atoms with Gasteiger partial charge in [0.1, 0.15) is 18.1 Å². The van der Waals surface area contributed by atoms with E-state index in [0.29, 0.717) is 25.6 Å². The standard InChI is InChI=1S/C25H29N5O4/c31-25-26-4-1-9-33-21-2-3-23-22(13-21)24(28-27-23)18-10-17(14-34-25)11-19(12-18)29-5-7-30(8-6-29)20-15-32-16-20/h2-3,10-13,20H,1,4-9,14-16H2,(H,26,31)(H,27,28). The van der Waals surface area contributed by atoms with Gasteiger partial charge in [-0.25, -0.2) is 4.79 Å². The molecule has 3 aromatic rings. The molecule has 9 heteroatoms. The largest absolute Gasteiger partial charge is 0.494 e. The number of amides is 1. The minimum Gasteiger partial charge on any atom is -0.494 e. The van der Waals surface area contributed by atoms with E-state index in [1.807, 2.05) is 18.2 Å². The fourth-order valence-corrected chi connectivity index (χ4v) is 4.81. The zero-order valence-corrected chi connectivity index (χ0v) is 19.1. The highest BCUT2D eigenvalue weighted by Crippen LogP contribution is 2.33. The van der Waals surface area contributed by atoms with Crippen LogP contribution in [0.25, 0.3) is 22.2 Å². The van der Waals surface area contributed by atoms with E-state index in [9.17, 15) is 4.79 Å². The van der Waals surface area contributed by atoms with Gasteiger partial charge in [0.2, 0.25) is 0 Å². The van der Waals surface area contributed by atoms with Crippen LogP contribution in [0.15, 0.2) is 36.4 Å². The van der Waals surface area contributed by atoms with Crippen molar-refractivity contribution in [2.24, 2.45) is 0 Å². The second kappa shape index (κ2) is 9.15. The lowest BCUT2D eigenvalue weighted by Gasteiger charge is -2.43. The zero-order valence-electron chi connectivity index (χ0n) is 19.1. The number of rotatable bonds is 2. The van der Waals surface area contributed by atoms with E-state index >= 15 is 0 Å². The maximum atomic E-state index is 12.2. The van der Waals surface area contributed by atoms with Gasteiger partial charge in [0.25, 0.3) is 0 Å². The van der Waals surface area contributed by atoms with Crippen molar-refractivity contribution in [3.63, 3.8) is 0 Å². The number of hydrogen-bond donors (Lipinski definition) is 2. The summed E-state index contributed by atoms with van der Waals surface area (Å²) in [5.41, 5.74) is 4.88. The van der Waals surface area contributed by atoms with E-state index in [2.05, 4.69) is 43.5 Å². The first-order valence-electron chi connectivity index (χ1n) is 12.0. The number of piperazine rings is 1. The maximum Gasteiger partial charge on any atom is 0.407 e. The lowest BCUT2D eigenvalue weighted by molar-refractivity contribution is -0.0660. The van der Waals surface area contributed by atoms with Crippen molar-refractivity contribution >= 4 is 22.7 Å². The normalized spacial score (nSPS) is 20.1. The van der Waals surface area contributed by atoms with Crippen LogP contribution >= 0.6 is 0 Å². The van der Waals surface area contributed by atoms with Crippen LogP contribution in [0.4, 0.5) is 10.5 Å². The summed E-state index contributed by atoms with van der Waals surface area (Å²) in [5, 5.41) is 11.6. The molecule has 3 aliphatic rings. The number of cyclic esters (lactones) is 1. The molecule has 0 unspecified atom stereocenters. The number of nitrogens with zero attached hydrogens (tertiary/aromatic N) is 3. The number of benzene rings is 2. The molecule has 1 aromatic heterocycles. The Labute approximate surface area is 198 Å². The van der Waals surface area contributed by atoms with Gasteiger partial charge in [0.15, 0.2) is 0 Å². The van der Waals surface area contributed by atoms with Crippen LogP contribution in [0.2, 0.25) is 0 Å². The van der Waals surface area contributed by atoms with Crippen molar-refractivity contribution < 1.29 is 19.0 Å². The number of ether oxygens (including phenoxy) is 3. The predicted molar refractivity (Wildman–Crippen MR) is 128 cm³/mol. The molecule has 3 aliphatic heterocycles. The summed E-state index contributed by atoms with van der Waals surface area (Å²) in [6.45, 7) is 6.82. The summed E-state index contributed by atoms with van der Waals surface area (Å²) in [4.78, 5) is 17.1.